The van der Waals surface area contributed by atoms with E-state index in [4.69, 9.17) is 10.2 Å². The molecule has 0 spiro atoms. The predicted octanol–water partition coefficient (Wildman–Crippen LogP) is 2.96. The summed E-state index contributed by atoms with van der Waals surface area (Å²) in [6, 6.07) is 7.69. The van der Waals surface area contributed by atoms with Crippen molar-refractivity contribution in [1.82, 2.24) is 4.98 Å². The third-order valence-corrected chi connectivity index (χ3v) is 4.96. The highest BCUT2D eigenvalue weighted by atomic mass is 32.1. The minimum Gasteiger partial charge on any atom is -0.463 e. The van der Waals surface area contributed by atoms with E-state index in [1.807, 2.05) is 24.3 Å². The van der Waals surface area contributed by atoms with Crippen LogP contribution in [0.5, 0.6) is 0 Å². The lowest BCUT2D eigenvalue weighted by molar-refractivity contribution is 0.102. The third-order valence-electron chi connectivity index (χ3n) is 3.92. The monoisotopic (exact) mass is 313 g/mol. The molecule has 0 aliphatic heterocycles. The number of hydrogen-bond donors (Lipinski definition) is 2. The average molecular weight is 313 g/mol. The summed E-state index contributed by atoms with van der Waals surface area (Å²) in [5.41, 5.74) is 8.28. The third kappa shape index (κ3) is 2.30. The lowest BCUT2D eigenvalue weighted by Gasteiger charge is -2.15. The van der Waals surface area contributed by atoms with Crippen LogP contribution in [0.25, 0.3) is 11.0 Å². The summed E-state index contributed by atoms with van der Waals surface area (Å²) < 4.78 is 5.41. The molecule has 4 rings (SSSR count). The maximum Gasteiger partial charge on any atom is 0.261 e. The SMILES string of the molecule is N[C@H]1CCc2nc(NC(=O)c3coc4ccccc34)sc2C1. The molecule has 1 aromatic carbocycles. The number of para-hydroxylation sites is 1. The molecule has 2 heterocycles. The molecule has 5 nitrogen and oxygen atoms in total. The van der Waals surface area contributed by atoms with Crippen molar-refractivity contribution < 1.29 is 9.21 Å². The number of carbonyl (C=O) groups is 1. The van der Waals surface area contributed by atoms with Crippen molar-refractivity contribution in [3.8, 4) is 0 Å². The second-order valence-electron chi connectivity index (χ2n) is 5.49. The van der Waals surface area contributed by atoms with Gasteiger partial charge in [0.05, 0.1) is 11.3 Å². The number of furan rings is 1. The molecule has 2 aromatic heterocycles. The van der Waals surface area contributed by atoms with Gasteiger partial charge in [-0.15, -0.1) is 11.3 Å². The maximum atomic E-state index is 12.4. The maximum absolute atomic E-state index is 12.4. The molecule has 1 atom stereocenters. The molecule has 0 radical (unpaired) electrons. The van der Waals surface area contributed by atoms with E-state index in [-0.39, 0.29) is 11.9 Å². The van der Waals surface area contributed by atoms with Gasteiger partial charge >= 0.3 is 0 Å². The van der Waals surface area contributed by atoms with Crippen molar-refractivity contribution in [2.24, 2.45) is 5.73 Å². The number of anilines is 1. The van der Waals surface area contributed by atoms with E-state index >= 15 is 0 Å². The van der Waals surface area contributed by atoms with Crippen LogP contribution in [0.3, 0.4) is 0 Å². The number of amides is 1. The van der Waals surface area contributed by atoms with Gasteiger partial charge in [0.2, 0.25) is 0 Å². The van der Waals surface area contributed by atoms with Crippen LogP contribution in [0, 0.1) is 0 Å². The molecule has 1 amide bonds. The minimum absolute atomic E-state index is 0.194. The Morgan fingerprint density at radius 2 is 2.27 bits per heavy atom. The van der Waals surface area contributed by atoms with Gasteiger partial charge in [0.1, 0.15) is 11.8 Å². The molecule has 1 aliphatic rings. The molecule has 0 bridgehead atoms. The Morgan fingerprint density at radius 3 is 3.18 bits per heavy atom. The number of thiazole rings is 1. The van der Waals surface area contributed by atoms with Gasteiger partial charge in [0, 0.05) is 16.3 Å². The van der Waals surface area contributed by atoms with Crippen molar-refractivity contribution in [3.05, 3.63) is 46.7 Å². The van der Waals surface area contributed by atoms with Gasteiger partial charge in [-0.3, -0.25) is 10.1 Å². The molecule has 1 aliphatic carbocycles. The first-order valence-electron chi connectivity index (χ1n) is 7.22. The zero-order valence-electron chi connectivity index (χ0n) is 11.8. The summed E-state index contributed by atoms with van der Waals surface area (Å²) in [6.45, 7) is 0. The summed E-state index contributed by atoms with van der Waals surface area (Å²) in [7, 11) is 0. The van der Waals surface area contributed by atoms with Crippen LogP contribution in [0.1, 0.15) is 27.3 Å². The fraction of sp³-hybridized carbons (Fsp3) is 0.250. The predicted molar refractivity (Wildman–Crippen MR) is 86.3 cm³/mol. The van der Waals surface area contributed by atoms with Crippen LogP contribution in [0.15, 0.2) is 34.9 Å². The molecule has 3 N–H and O–H groups in total. The number of hydrogen-bond acceptors (Lipinski definition) is 5. The summed E-state index contributed by atoms with van der Waals surface area (Å²) in [6.07, 6.45) is 4.18. The van der Waals surface area contributed by atoms with Gasteiger partial charge in [0.25, 0.3) is 5.91 Å². The quantitative estimate of drug-likeness (QED) is 0.762. The molecule has 112 valence electrons. The van der Waals surface area contributed by atoms with E-state index in [1.54, 1.807) is 0 Å². The van der Waals surface area contributed by atoms with Gasteiger partial charge in [-0.05, 0) is 25.3 Å². The normalized spacial score (nSPS) is 17.4. The van der Waals surface area contributed by atoms with Crippen molar-refractivity contribution in [1.29, 1.82) is 0 Å². The number of rotatable bonds is 2. The number of carbonyl (C=O) groups excluding carboxylic acids is 1. The molecule has 3 aromatic rings. The van der Waals surface area contributed by atoms with Gasteiger partial charge < -0.3 is 10.2 Å². The Hall–Kier alpha value is -2.18. The molecular formula is C16H15N3O2S. The number of nitrogens with zero attached hydrogens (tertiary/aromatic N) is 1. The van der Waals surface area contributed by atoms with Gasteiger partial charge in [-0.1, -0.05) is 18.2 Å². The summed E-state index contributed by atoms with van der Waals surface area (Å²) in [4.78, 5) is 18.1. The topological polar surface area (TPSA) is 81.1 Å². The van der Waals surface area contributed by atoms with Crippen LogP contribution in [-0.2, 0) is 12.8 Å². The van der Waals surface area contributed by atoms with Crippen LogP contribution in [0.4, 0.5) is 5.13 Å². The number of fused-ring (bicyclic) bond motifs is 2. The minimum atomic E-state index is -0.194. The highest BCUT2D eigenvalue weighted by Gasteiger charge is 2.21. The van der Waals surface area contributed by atoms with E-state index in [9.17, 15) is 4.79 Å². The van der Waals surface area contributed by atoms with E-state index in [0.717, 1.165) is 30.3 Å². The van der Waals surface area contributed by atoms with E-state index in [2.05, 4.69) is 10.3 Å². The van der Waals surface area contributed by atoms with E-state index in [1.165, 1.54) is 22.5 Å². The van der Waals surface area contributed by atoms with Crippen LogP contribution in [-0.4, -0.2) is 16.9 Å². The standard InChI is InChI=1S/C16H15N3O2S/c17-9-5-6-12-14(7-9)22-16(18-12)19-15(20)11-8-21-13-4-2-1-3-10(11)13/h1-4,8-9H,5-7,17H2,(H,18,19,20)/t9-/m0/s1. The number of nitrogens with one attached hydrogen (secondary N) is 1. The summed E-state index contributed by atoms with van der Waals surface area (Å²) in [5.74, 6) is -0.194. The second kappa shape index (κ2) is 5.23. The highest BCUT2D eigenvalue weighted by Crippen LogP contribution is 2.30. The smallest absolute Gasteiger partial charge is 0.261 e. The Bertz CT molecular complexity index is 852. The zero-order valence-corrected chi connectivity index (χ0v) is 12.7. The van der Waals surface area contributed by atoms with Crippen molar-refractivity contribution in [2.45, 2.75) is 25.3 Å². The van der Waals surface area contributed by atoms with E-state index in [0.29, 0.717) is 16.3 Å². The largest absolute Gasteiger partial charge is 0.463 e. The first kappa shape index (κ1) is 13.5. The first-order valence-corrected chi connectivity index (χ1v) is 8.04. The van der Waals surface area contributed by atoms with Crippen LogP contribution >= 0.6 is 11.3 Å². The molecule has 0 fully saturated rings. The Morgan fingerprint density at radius 1 is 1.41 bits per heavy atom. The molecule has 0 saturated carbocycles. The van der Waals surface area contributed by atoms with Gasteiger partial charge in [-0.2, -0.15) is 0 Å². The second-order valence-corrected chi connectivity index (χ2v) is 6.58. The van der Waals surface area contributed by atoms with Gasteiger partial charge in [-0.25, -0.2) is 4.98 Å². The van der Waals surface area contributed by atoms with Crippen LogP contribution < -0.4 is 11.1 Å². The average Bonchev–Trinajstić information content (AvgIpc) is 3.09. The van der Waals surface area contributed by atoms with Crippen LogP contribution in [0.2, 0.25) is 0 Å². The molecule has 0 saturated heterocycles. The van der Waals surface area contributed by atoms with Crippen molar-refractivity contribution in [3.63, 3.8) is 0 Å². The molecule has 6 heteroatoms. The fourth-order valence-electron chi connectivity index (χ4n) is 2.77. The Labute approximate surface area is 131 Å². The zero-order chi connectivity index (χ0) is 15.1. The Balaban J connectivity index is 1.60. The van der Waals surface area contributed by atoms with E-state index < -0.39 is 0 Å². The summed E-state index contributed by atoms with van der Waals surface area (Å²) >= 11 is 1.52. The number of nitrogens with two attached hydrogens (primary N) is 1. The molecular weight excluding hydrogens is 298 g/mol. The Kier molecular flexibility index (Phi) is 3.20. The lowest BCUT2D eigenvalue weighted by atomic mass is 9.99. The van der Waals surface area contributed by atoms with Crippen molar-refractivity contribution in [2.75, 3.05) is 5.32 Å². The summed E-state index contributed by atoms with van der Waals surface area (Å²) in [5, 5.41) is 4.32. The lowest BCUT2D eigenvalue weighted by Crippen LogP contribution is -2.27. The first-order chi connectivity index (χ1) is 10.7. The number of benzene rings is 1. The fourth-order valence-corrected chi connectivity index (χ4v) is 3.87. The number of aryl methyl sites for hydroxylation is 1. The van der Waals surface area contributed by atoms with Crippen molar-refractivity contribution >= 4 is 33.3 Å². The molecule has 0 unspecified atom stereocenters. The molecule has 22 heavy (non-hydrogen) atoms. The highest BCUT2D eigenvalue weighted by molar-refractivity contribution is 7.15. The van der Waals surface area contributed by atoms with Gasteiger partial charge in [0.15, 0.2) is 5.13 Å². The number of aromatic nitrogens is 1.